The lowest BCUT2D eigenvalue weighted by Gasteiger charge is -2.18. The van der Waals surface area contributed by atoms with Gasteiger partial charge in [0, 0.05) is 75.3 Å². The van der Waals surface area contributed by atoms with Crippen molar-refractivity contribution in [1.29, 1.82) is 0 Å². The Balaban J connectivity index is 1.28. The molecule has 9 heteroatoms. The molecular weight excluding hydrogens is 464 g/mol. The molecule has 1 unspecified atom stereocenters. The maximum absolute atomic E-state index is 9.24. The second-order valence-corrected chi connectivity index (χ2v) is 9.22. The molecule has 4 aromatic rings. The van der Waals surface area contributed by atoms with E-state index in [1.807, 2.05) is 24.4 Å². The number of aliphatic hydroxyl groups excluding tert-OH is 1. The molecule has 0 amide bonds. The third-order valence-corrected chi connectivity index (χ3v) is 6.82. The molecule has 1 aliphatic heterocycles. The Labute approximate surface area is 216 Å². The van der Waals surface area contributed by atoms with Crippen molar-refractivity contribution in [1.82, 2.24) is 19.4 Å². The van der Waals surface area contributed by atoms with Crippen molar-refractivity contribution in [2.24, 2.45) is 16.6 Å². The lowest BCUT2D eigenvalue weighted by atomic mass is 10.1. The third kappa shape index (κ3) is 5.46. The highest BCUT2D eigenvalue weighted by Gasteiger charge is 2.22. The van der Waals surface area contributed by atoms with Gasteiger partial charge in [-0.3, -0.25) is 9.39 Å². The summed E-state index contributed by atoms with van der Waals surface area (Å²) >= 11 is 0. The number of nitrogens with one attached hydrogen (secondary N) is 1. The number of aliphatic hydroxyl groups is 1. The first kappa shape index (κ1) is 24.5. The van der Waals surface area contributed by atoms with Crippen molar-refractivity contribution < 1.29 is 5.11 Å². The van der Waals surface area contributed by atoms with E-state index in [0.29, 0.717) is 12.5 Å². The fourth-order valence-electron chi connectivity index (χ4n) is 4.80. The normalized spacial score (nSPS) is 16.2. The first-order valence-corrected chi connectivity index (χ1v) is 12.5. The molecule has 37 heavy (non-hydrogen) atoms. The highest BCUT2D eigenvalue weighted by Crippen LogP contribution is 2.28. The SMILES string of the molecule is CN=CC(=CN)c1ccc(CNc2cc(-c3cnc4cc(N5CCC(CCO)C5)ccn34)ncn2)cc1. The van der Waals surface area contributed by atoms with Crippen LogP contribution in [0.5, 0.6) is 0 Å². The lowest BCUT2D eigenvalue weighted by molar-refractivity contribution is 0.263. The summed E-state index contributed by atoms with van der Waals surface area (Å²) in [6, 6.07) is 14.4. The quantitative estimate of drug-likeness (QED) is 0.303. The second-order valence-electron chi connectivity index (χ2n) is 9.22. The molecule has 1 atom stereocenters. The number of allylic oxidation sites excluding steroid dienone is 1. The molecule has 0 bridgehead atoms. The number of imidazole rings is 1. The maximum atomic E-state index is 9.24. The Kier molecular flexibility index (Phi) is 7.41. The molecule has 1 fully saturated rings. The van der Waals surface area contributed by atoms with E-state index in [9.17, 15) is 5.11 Å². The van der Waals surface area contributed by atoms with E-state index in [2.05, 4.69) is 65.0 Å². The second kappa shape index (κ2) is 11.2. The molecule has 1 saturated heterocycles. The van der Waals surface area contributed by atoms with Crippen molar-refractivity contribution in [3.8, 4) is 11.4 Å². The fraction of sp³-hybridized carbons (Fsp3) is 0.286. The summed E-state index contributed by atoms with van der Waals surface area (Å²) in [5.41, 5.74) is 12.5. The van der Waals surface area contributed by atoms with Gasteiger partial charge in [0.25, 0.3) is 0 Å². The fourth-order valence-corrected chi connectivity index (χ4v) is 4.80. The number of nitrogens with two attached hydrogens (primary N) is 1. The molecule has 1 aromatic carbocycles. The van der Waals surface area contributed by atoms with E-state index in [1.165, 1.54) is 0 Å². The van der Waals surface area contributed by atoms with Crippen LogP contribution in [0.3, 0.4) is 0 Å². The van der Waals surface area contributed by atoms with Crippen LogP contribution < -0.4 is 16.0 Å². The monoisotopic (exact) mass is 496 g/mol. The number of benzene rings is 1. The molecule has 0 spiro atoms. The molecule has 4 N–H and O–H groups in total. The first-order valence-electron chi connectivity index (χ1n) is 12.5. The number of anilines is 2. The standard InChI is InChI=1S/C28H32N8O/c1-30-16-23(14-29)22-4-2-20(3-5-22)15-31-27-13-25(33-19-34-27)26-17-32-28-12-24(7-10-36(26)28)35-9-6-21(18-35)8-11-37/h2-5,7,10,12-14,16-17,19,21,37H,6,8-9,11,15,18,29H2,1H3,(H,31,33,34). The van der Waals surface area contributed by atoms with Gasteiger partial charge >= 0.3 is 0 Å². The van der Waals surface area contributed by atoms with Gasteiger partial charge in [-0.1, -0.05) is 24.3 Å². The van der Waals surface area contributed by atoms with Crippen LogP contribution in [-0.2, 0) is 6.54 Å². The third-order valence-electron chi connectivity index (χ3n) is 6.82. The maximum Gasteiger partial charge on any atom is 0.139 e. The average molecular weight is 497 g/mol. The van der Waals surface area contributed by atoms with Gasteiger partial charge in [0.15, 0.2) is 0 Å². The summed E-state index contributed by atoms with van der Waals surface area (Å²) in [6.07, 6.45) is 10.8. The van der Waals surface area contributed by atoms with E-state index in [0.717, 1.165) is 71.2 Å². The number of pyridine rings is 1. The number of aromatic nitrogens is 4. The summed E-state index contributed by atoms with van der Waals surface area (Å²) in [5.74, 6) is 1.30. The molecule has 5 rings (SSSR count). The zero-order valence-corrected chi connectivity index (χ0v) is 21.0. The van der Waals surface area contributed by atoms with Crippen molar-refractivity contribution >= 4 is 28.9 Å². The van der Waals surface area contributed by atoms with Gasteiger partial charge in [-0.05, 0) is 36.0 Å². The molecule has 0 radical (unpaired) electrons. The van der Waals surface area contributed by atoms with E-state index in [4.69, 9.17) is 5.73 Å². The highest BCUT2D eigenvalue weighted by atomic mass is 16.3. The molecule has 190 valence electrons. The predicted molar refractivity (Wildman–Crippen MR) is 149 cm³/mol. The van der Waals surface area contributed by atoms with Gasteiger partial charge < -0.3 is 21.1 Å². The minimum atomic E-state index is 0.255. The van der Waals surface area contributed by atoms with E-state index in [-0.39, 0.29) is 6.61 Å². The Bertz CT molecular complexity index is 1410. The number of aliphatic imine (C=N–C) groups is 1. The predicted octanol–water partition coefficient (Wildman–Crippen LogP) is 3.61. The molecule has 0 saturated carbocycles. The van der Waals surface area contributed by atoms with Crippen molar-refractivity contribution in [2.45, 2.75) is 19.4 Å². The van der Waals surface area contributed by atoms with Crippen LogP contribution in [0.1, 0.15) is 24.0 Å². The Morgan fingerprint density at radius 1 is 1.19 bits per heavy atom. The summed E-state index contributed by atoms with van der Waals surface area (Å²) in [6.45, 7) is 2.87. The van der Waals surface area contributed by atoms with Gasteiger partial charge in [-0.15, -0.1) is 0 Å². The molecular formula is C28H32N8O. The first-order chi connectivity index (χ1) is 18.2. The molecule has 1 aliphatic rings. The van der Waals surface area contributed by atoms with Crippen LogP contribution >= 0.6 is 0 Å². The highest BCUT2D eigenvalue weighted by molar-refractivity contribution is 6.09. The van der Waals surface area contributed by atoms with Gasteiger partial charge in [-0.2, -0.15) is 0 Å². The summed E-state index contributed by atoms with van der Waals surface area (Å²) in [7, 11) is 1.73. The van der Waals surface area contributed by atoms with E-state index in [1.54, 1.807) is 25.8 Å². The Morgan fingerprint density at radius 3 is 2.84 bits per heavy atom. The van der Waals surface area contributed by atoms with Gasteiger partial charge in [-0.25, -0.2) is 15.0 Å². The van der Waals surface area contributed by atoms with Crippen LogP contribution in [0.15, 0.2) is 72.4 Å². The number of hydrogen-bond acceptors (Lipinski definition) is 8. The van der Waals surface area contributed by atoms with E-state index >= 15 is 0 Å². The molecule has 0 aliphatic carbocycles. The zero-order chi connectivity index (χ0) is 25.6. The van der Waals surface area contributed by atoms with Crippen LogP contribution in [-0.4, -0.2) is 57.4 Å². The number of rotatable bonds is 9. The zero-order valence-electron chi connectivity index (χ0n) is 21.0. The smallest absolute Gasteiger partial charge is 0.139 e. The number of hydrogen-bond donors (Lipinski definition) is 3. The van der Waals surface area contributed by atoms with Crippen LogP contribution in [0.25, 0.3) is 22.6 Å². The Hall–Kier alpha value is -4.24. The van der Waals surface area contributed by atoms with Crippen molar-refractivity contribution in [3.05, 3.63) is 78.5 Å². The minimum absolute atomic E-state index is 0.255. The van der Waals surface area contributed by atoms with Crippen LogP contribution in [0.4, 0.5) is 11.5 Å². The van der Waals surface area contributed by atoms with Crippen LogP contribution in [0, 0.1) is 5.92 Å². The van der Waals surface area contributed by atoms with Crippen molar-refractivity contribution in [2.75, 3.05) is 37.0 Å². The van der Waals surface area contributed by atoms with Gasteiger partial charge in [0.05, 0.1) is 17.6 Å². The Morgan fingerprint density at radius 2 is 2.05 bits per heavy atom. The minimum Gasteiger partial charge on any atom is -0.404 e. The van der Waals surface area contributed by atoms with E-state index < -0.39 is 0 Å². The topological polar surface area (TPSA) is 117 Å². The summed E-state index contributed by atoms with van der Waals surface area (Å²) in [4.78, 5) is 20.0. The van der Waals surface area contributed by atoms with Crippen LogP contribution in [0.2, 0.25) is 0 Å². The molecule has 4 heterocycles. The summed E-state index contributed by atoms with van der Waals surface area (Å²) in [5, 5.41) is 12.6. The molecule has 9 nitrogen and oxygen atoms in total. The van der Waals surface area contributed by atoms with Crippen molar-refractivity contribution in [3.63, 3.8) is 0 Å². The van der Waals surface area contributed by atoms with Gasteiger partial charge in [0.1, 0.15) is 17.8 Å². The summed E-state index contributed by atoms with van der Waals surface area (Å²) < 4.78 is 2.05. The number of fused-ring (bicyclic) bond motifs is 1. The van der Waals surface area contributed by atoms with Gasteiger partial charge in [0.2, 0.25) is 0 Å². The largest absolute Gasteiger partial charge is 0.404 e. The average Bonchev–Trinajstić information content (AvgIpc) is 3.58. The molecule has 3 aromatic heterocycles. The number of nitrogens with zero attached hydrogens (tertiary/aromatic N) is 6. The lowest BCUT2D eigenvalue weighted by Crippen LogP contribution is -2.20.